The van der Waals surface area contributed by atoms with Crippen LogP contribution in [0.2, 0.25) is 0 Å². The topological polar surface area (TPSA) is 58.6 Å². The van der Waals surface area contributed by atoms with Gasteiger partial charge in [-0.2, -0.15) is 0 Å². The van der Waals surface area contributed by atoms with Gasteiger partial charge in [0, 0.05) is 11.2 Å². The summed E-state index contributed by atoms with van der Waals surface area (Å²) in [4.78, 5) is 11.5. The summed E-state index contributed by atoms with van der Waals surface area (Å²) in [5, 5.41) is 15.9. The average molecular weight is 279 g/mol. The third-order valence-electron chi connectivity index (χ3n) is 3.01. The molecule has 102 valence electrons. The van der Waals surface area contributed by atoms with Crippen LogP contribution < -0.4 is 5.32 Å². The summed E-state index contributed by atoms with van der Waals surface area (Å²) in [5.41, 5.74) is 1.12. The van der Waals surface area contributed by atoms with Crippen molar-refractivity contribution in [1.29, 1.82) is 0 Å². The summed E-state index contributed by atoms with van der Waals surface area (Å²) < 4.78 is 5.89. The first-order chi connectivity index (χ1) is 9.13. The summed E-state index contributed by atoms with van der Waals surface area (Å²) in [5.74, 6) is -0.450. The van der Waals surface area contributed by atoms with Crippen molar-refractivity contribution in [2.24, 2.45) is 0 Å². The van der Waals surface area contributed by atoms with Crippen molar-refractivity contribution in [3.05, 3.63) is 35.2 Å². The molecule has 1 heterocycles. The molecule has 2 rings (SSSR count). The number of nitrogens with one attached hydrogen (secondary N) is 1. The standard InChI is InChI=1S/C14H17NO3S/c1-9(16)13(14(17)18-2)15-7-10-8-19-12-6-4-3-5-11(10)12/h3-6,8-9,13,15-16H,7H2,1-2H3/t9-,13-/m0/s1. The van der Waals surface area contributed by atoms with E-state index in [1.165, 1.54) is 17.2 Å². The van der Waals surface area contributed by atoms with Crippen molar-refractivity contribution in [2.75, 3.05) is 7.11 Å². The maximum absolute atomic E-state index is 11.5. The fourth-order valence-electron chi connectivity index (χ4n) is 1.97. The van der Waals surface area contributed by atoms with Crippen molar-refractivity contribution >= 4 is 27.4 Å². The van der Waals surface area contributed by atoms with Crippen LogP contribution in [0.3, 0.4) is 0 Å². The molecule has 19 heavy (non-hydrogen) atoms. The van der Waals surface area contributed by atoms with E-state index in [1.807, 2.05) is 12.1 Å². The molecule has 0 fully saturated rings. The lowest BCUT2D eigenvalue weighted by molar-refractivity contribution is -0.145. The summed E-state index contributed by atoms with van der Waals surface area (Å²) in [7, 11) is 1.32. The number of ether oxygens (including phenoxy) is 1. The lowest BCUT2D eigenvalue weighted by Crippen LogP contribution is -2.45. The van der Waals surface area contributed by atoms with Crippen molar-refractivity contribution in [2.45, 2.75) is 25.6 Å². The summed E-state index contributed by atoms with van der Waals surface area (Å²) in [6.07, 6.45) is -0.794. The number of benzene rings is 1. The van der Waals surface area contributed by atoms with Crippen LogP contribution in [0.1, 0.15) is 12.5 Å². The molecule has 0 unspecified atom stereocenters. The van der Waals surface area contributed by atoms with Crippen LogP contribution in [0, 0.1) is 0 Å². The number of thiophene rings is 1. The largest absolute Gasteiger partial charge is 0.468 e. The number of hydrogen-bond acceptors (Lipinski definition) is 5. The molecule has 1 aromatic carbocycles. The van der Waals surface area contributed by atoms with Gasteiger partial charge in [-0.25, -0.2) is 0 Å². The van der Waals surface area contributed by atoms with Gasteiger partial charge in [-0.3, -0.25) is 10.1 Å². The zero-order valence-electron chi connectivity index (χ0n) is 10.9. The van der Waals surface area contributed by atoms with Crippen LogP contribution >= 0.6 is 11.3 Å². The van der Waals surface area contributed by atoms with Crippen LogP contribution in [-0.4, -0.2) is 30.3 Å². The minimum absolute atomic E-state index is 0.450. The molecule has 0 spiro atoms. The molecule has 0 aliphatic heterocycles. The molecule has 0 amide bonds. The van der Waals surface area contributed by atoms with Crippen molar-refractivity contribution < 1.29 is 14.6 Å². The molecule has 2 atom stereocenters. The van der Waals surface area contributed by atoms with E-state index in [9.17, 15) is 9.90 Å². The van der Waals surface area contributed by atoms with E-state index >= 15 is 0 Å². The monoisotopic (exact) mass is 279 g/mol. The predicted octanol–water partition coefficient (Wildman–Crippen LogP) is 1.91. The fraction of sp³-hybridized carbons (Fsp3) is 0.357. The zero-order valence-corrected chi connectivity index (χ0v) is 11.7. The second-order valence-corrected chi connectivity index (χ2v) is 5.29. The molecule has 0 saturated heterocycles. The highest BCUT2D eigenvalue weighted by atomic mass is 32.1. The number of rotatable bonds is 5. The van der Waals surface area contributed by atoms with E-state index in [4.69, 9.17) is 0 Å². The Labute approximate surface area is 116 Å². The third kappa shape index (κ3) is 3.12. The summed E-state index contributed by atoms with van der Waals surface area (Å²) in [6, 6.07) is 7.41. The van der Waals surface area contributed by atoms with Gasteiger partial charge in [-0.05, 0) is 29.3 Å². The molecule has 0 bridgehead atoms. The molecule has 2 aromatic rings. The van der Waals surface area contributed by atoms with Crippen molar-refractivity contribution in [1.82, 2.24) is 5.32 Å². The molecule has 2 N–H and O–H groups in total. The molecule has 5 heteroatoms. The number of aliphatic hydroxyl groups excluding tert-OH is 1. The van der Waals surface area contributed by atoms with E-state index in [1.54, 1.807) is 18.3 Å². The van der Waals surface area contributed by atoms with Gasteiger partial charge in [-0.15, -0.1) is 11.3 Å². The quantitative estimate of drug-likeness (QED) is 0.821. The fourth-order valence-corrected chi connectivity index (χ4v) is 2.93. The molecular weight excluding hydrogens is 262 g/mol. The van der Waals surface area contributed by atoms with Crippen LogP contribution in [0.4, 0.5) is 0 Å². The van der Waals surface area contributed by atoms with Crippen LogP contribution in [0.15, 0.2) is 29.6 Å². The molecule has 0 aliphatic rings. The summed E-state index contributed by atoms with van der Waals surface area (Å²) >= 11 is 1.67. The Morgan fingerprint density at radius 3 is 2.89 bits per heavy atom. The normalized spacial score (nSPS) is 14.3. The zero-order chi connectivity index (χ0) is 13.8. The first kappa shape index (κ1) is 14.0. The average Bonchev–Trinajstić information content (AvgIpc) is 2.82. The van der Waals surface area contributed by atoms with E-state index in [-0.39, 0.29) is 0 Å². The van der Waals surface area contributed by atoms with Gasteiger partial charge in [0.25, 0.3) is 0 Å². The van der Waals surface area contributed by atoms with Gasteiger partial charge in [0.05, 0.1) is 13.2 Å². The number of carbonyl (C=O) groups is 1. The summed E-state index contributed by atoms with van der Waals surface area (Å²) in [6.45, 7) is 2.09. The van der Waals surface area contributed by atoms with Crippen molar-refractivity contribution in [3.63, 3.8) is 0 Å². The highest BCUT2D eigenvalue weighted by Crippen LogP contribution is 2.25. The minimum atomic E-state index is -0.794. The van der Waals surface area contributed by atoms with Crippen LogP contribution in [-0.2, 0) is 16.1 Å². The molecule has 4 nitrogen and oxygen atoms in total. The van der Waals surface area contributed by atoms with E-state index in [0.717, 1.165) is 5.56 Å². The predicted molar refractivity (Wildman–Crippen MR) is 76.1 cm³/mol. The van der Waals surface area contributed by atoms with E-state index in [2.05, 4.69) is 27.6 Å². The number of hydrogen-bond donors (Lipinski definition) is 2. The van der Waals surface area contributed by atoms with Crippen LogP contribution in [0.25, 0.3) is 10.1 Å². The van der Waals surface area contributed by atoms with Gasteiger partial charge in [0.1, 0.15) is 6.04 Å². The van der Waals surface area contributed by atoms with Gasteiger partial charge < -0.3 is 9.84 Å². The molecule has 0 aliphatic carbocycles. The molecule has 1 aromatic heterocycles. The molecular formula is C14H17NO3S. The molecule has 0 radical (unpaired) electrons. The number of methoxy groups -OCH3 is 1. The maximum atomic E-state index is 11.5. The lowest BCUT2D eigenvalue weighted by atomic mass is 10.1. The Morgan fingerprint density at radius 1 is 1.47 bits per heavy atom. The smallest absolute Gasteiger partial charge is 0.325 e. The van der Waals surface area contributed by atoms with Gasteiger partial charge >= 0.3 is 5.97 Å². The number of aliphatic hydroxyl groups is 1. The first-order valence-electron chi connectivity index (χ1n) is 6.08. The Hall–Kier alpha value is -1.43. The van der Waals surface area contributed by atoms with E-state index in [0.29, 0.717) is 6.54 Å². The minimum Gasteiger partial charge on any atom is -0.468 e. The Bertz CT molecular complexity index is 565. The highest BCUT2D eigenvalue weighted by Gasteiger charge is 2.23. The van der Waals surface area contributed by atoms with Gasteiger partial charge in [0.15, 0.2) is 0 Å². The lowest BCUT2D eigenvalue weighted by Gasteiger charge is -2.18. The highest BCUT2D eigenvalue weighted by molar-refractivity contribution is 7.17. The second kappa shape index (κ2) is 6.14. The van der Waals surface area contributed by atoms with Gasteiger partial charge in [-0.1, -0.05) is 18.2 Å². The maximum Gasteiger partial charge on any atom is 0.325 e. The van der Waals surface area contributed by atoms with Crippen molar-refractivity contribution in [3.8, 4) is 0 Å². The Kier molecular flexibility index (Phi) is 4.52. The molecule has 0 saturated carbocycles. The first-order valence-corrected chi connectivity index (χ1v) is 6.96. The third-order valence-corrected chi connectivity index (χ3v) is 4.02. The van der Waals surface area contributed by atoms with Gasteiger partial charge in [0.2, 0.25) is 0 Å². The Balaban J connectivity index is 2.11. The number of fused-ring (bicyclic) bond motifs is 1. The second-order valence-electron chi connectivity index (χ2n) is 4.38. The Morgan fingerprint density at radius 2 is 2.21 bits per heavy atom. The number of carbonyl (C=O) groups excluding carboxylic acids is 1. The number of esters is 1. The van der Waals surface area contributed by atoms with Crippen LogP contribution in [0.5, 0.6) is 0 Å². The SMILES string of the molecule is COC(=O)[C@@H](NCc1csc2ccccc12)[C@H](C)O. The van der Waals surface area contributed by atoms with E-state index < -0.39 is 18.1 Å².